The number of hydrogen-bond donors (Lipinski definition) is 1. The average Bonchev–Trinajstić information content (AvgIpc) is 2.98. The molecule has 2 atom stereocenters. The van der Waals surface area contributed by atoms with Crippen molar-refractivity contribution in [2.24, 2.45) is 0 Å². The van der Waals surface area contributed by atoms with E-state index in [9.17, 15) is 0 Å². The van der Waals surface area contributed by atoms with Crippen molar-refractivity contribution in [1.82, 2.24) is 19.7 Å². The van der Waals surface area contributed by atoms with Crippen LogP contribution in [0.25, 0.3) is 11.2 Å². The smallest absolute Gasteiger partial charge is 0.225 e. The minimum Gasteiger partial charge on any atom is -0.394 e. The molecular formula is C10H11ClN4O3. The molecule has 7 nitrogen and oxygen atoms in total. The van der Waals surface area contributed by atoms with Crippen LogP contribution in [0.15, 0.2) is 12.7 Å². The van der Waals surface area contributed by atoms with Crippen molar-refractivity contribution in [3.8, 4) is 0 Å². The maximum Gasteiger partial charge on any atom is 0.225 e. The largest absolute Gasteiger partial charge is 0.394 e. The van der Waals surface area contributed by atoms with E-state index in [0.717, 1.165) is 6.42 Å². The Morgan fingerprint density at radius 2 is 2.33 bits per heavy atom. The Kier molecular flexibility index (Phi) is 3.02. The topological polar surface area (TPSA) is 82.3 Å². The number of imidazole rings is 1. The van der Waals surface area contributed by atoms with Crippen LogP contribution in [0.2, 0.25) is 5.15 Å². The van der Waals surface area contributed by atoms with Crippen LogP contribution < -0.4 is 4.84 Å². The zero-order valence-electron chi connectivity index (χ0n) is 9.36. The summed E-state index contributed by atoms with van der Waals surface area (Å²) in [6, 6.07) is 0. The number of ether oxygens (including phenoxy) is 1. The van der Waals surface area contributed by atoms with E-state index in [2.05, 4.69) is 15.0 Å². The van der Waals surface area contributed by atoms with Gasteiger partial charge in [-0.3, -0.25) is 0 Å². The number of nitrogens with zero attached hydrogens (tertiary/aromatic N) is 4. The Hall–Kier alpha value is -1.44. The van der Waals surface area contributed by atoms with E-state index in [1.54, 1.807) is 0 Å². The first kappa shape index (κ1) is 11.6. The lowest BCUT2D eigenvalue weighted by Crippen LogP contribution is -2.25. The maximum absolute atomic E-state index is 8.98. The van der Waals surface area contributed by atoms with Crippen LogP contribution in [-0.4, -0.2) is 43.8 Å². The van der Waals surface area contributed by atoms with Gasteiger partial charge in [0.25, 0.3) is 0 Å². The molecule has 1 N–H and O–H groups in total. The summed E-state index contributed by atoms with van der Waals surface area (Å²) in [7, 11) is 0. The van der Waals surface area contributed by atoms with Crippen LogP contribution in [0.1, 0.15) is 12.8 Å². The van der Waals surface area contributed by atoms with Gasteiger partial charge in [-0.05, 0) is 6.42 Å². The summed E-state index contributed by atoms with van der Waals surface area (Å²) in [5.41, 5.74) is 0.974. The maximum atomic E-state index is 8.98. The van der Waals surface area contributed by atoms with Crippen molar-refractivity contribution >= 4 is 22.8 Å². The molecule has 0 bridgehead atoms. The highest BCUT2D eigenvalue weighted by Crippen LogP contribution is 2.21. The van der Waals surface area contributed by atoms with Gasteiger partial charge in [-0.15, -0.1) is 4.73 Å². The van der Waals surface area contributed by atoms with Gasteiger partial charge in [0.2, 0.25) is 11.9 Å². The molecule has 1 aliphatic rings. The minimum atomic E-state index is -0.409. The molecule has 96 valence electrons. The highest BCUT2D eigenvalue weighted by Gasteiger charge is 2.27. The summed E-state index contributed by atoms with van der Waals surface area (Å²) in [5, 5.41) is 9.26. The number of halogens is 1. The molecule has 3 heterocycles. The van der Waals surface area contributed by atoms with Gasteiger partial charge in [0.05, 0.1) is 12.7 Å². The van der Waals surface area contributed by atoms with E-state index in [-0.39, 0.29) is 17.9 Å². The molecule has 0 saturated carbocycles. The fraction of sp³-hybridized carbons (Fsp3) is 0.500. The Labute approximate surface area is 107 Å². The third-order valence-corrected chi connectivity index (χ3v) is 3.04. The molecule has 8 heteroatoms. The summed E-state index contributed by atoms with van der Waals surface area (Å²) < 4.78 is 6.88. The van der Waals surface area contributed by atoms with Gasteiger partial charge in [0.15, 0.2) is 5.15 Å². The van der Waals surface area contributed by atoms with Crippen molar-refractivity contribution in [1.29, 1.82) is 0 Å². The SMILES string of the molecule is OC[C@@H]1CC[C@@H](On2cnc3c(Cl)ncnc32)O1. The molecule has 0 aromatic carbocycles. The van der Waals surface area contributed by atoms with E-state index in [1.165, 1.54) is 17.4 Å². The molecule has 0 spiro atoms. The fourth-order valence-electron chi connectivity index (χ4n) is 1.87. The number of aliphatic hydroxyl groups is 1. The first-order valence-electron chi connectivity index (χ1n) is 5.55. The quantitative estimate of drug-likeness (QED) is 0.813. The van der Waals surface area contributed by atoms with Crippen molar-refractivity contribution in [2.75, 3.05) is 6.61 Å². The van der Waals surface area contributed by atoms with Gasteiger partial charge in [0, 0.05) is 6.42 Å². The van der Waals surface area contributed by atoms with Gasteiger partial charge < -0.3 is 14.7 Å². The minimum absolute atomic E-state index is 0.00145. The lowest BCUT2D eigenvalue weighted by molar-refractivity contribution is -0.140. The van der Waals surface area contributed by atoms with Gasteiger partial charge in [-0.1, -0.05) is 11.6 Å². The number of aliphatic hydroxyl groups excluding tert-OH is 1. The molecule has 0 amide bonds. The first-order chi connectivity index (χ1) is 8.78. The van der Waals surface area contributed by atoms with Crippen molar-refractivity contribution < 1.29 is 14.7 Å². The molecule has 1 saturated heterocycles. The molecule has 18 heavy (non-hydrogen) atoms. The second-order valence-electron chi connectivity index (χ2n) is 3.96. The zero-order valence-corrected chi connectivity index (χ0v) is 10.1. The van der Waals surface area contributed by atoms with E-state index in [0.29, 0.717) is 17.6 Å². The molecule has 2 aromatic rings. The van der Waals surface area contributed by atoms with Gasteiger partial charge in [0.1, 0.15) is 18.2 Å². The van der Waals surface area contributed by atoms with E-state index < -0.39 is 6.29 Å². The van der Waals surface area contributed by atoms with Gasteiger partial charge >= 0.3 is 0 Å². The fourth-order valence-corrected chi connectivity index (χ4v) is 2.05. The highest BCUT2D eigenvalue weighted by atomic mass is 35.5. The number of rotatable bonds is 3. The second-order valence-corrected chi connectivity index (χ2v) is 4.32. The van der Waals surface area contributed by atoms with E-state index in [1.807, 2.05) is 0 Å². The van der Waals surface area contributed by atoms with Crippen LogP contribution in [0, 0.1) is 0 Å². The summed E-state index contributed by atoms with van der Waals surface area (Å²) in [6.07, 6.45) is 3.73. The number of hydrogen-bond acceptors (Lipinski definition) is 6. The summed E-state index contributed by atoms with van der Waals surface area (Å²) in [6.45, 7) is -0.00145. The second kappa shape index (κ2) is 4.68. The van der Waals surface area contributed by atoms with Crippen molar-refractivity contribution in [3.63, 3.8) is 0 Å². The molecule has 1 fully saturated rings. The zero-order chi connectivity index (χ0) is 12.5. The molecular weight excluding hydrogens is 260 g/mol. The molecule has 0 unspecified atom stereocenters. The average molecular weight is 271 g/mol. The lowest BCUT2D eigenvalue weighted by Gasteiger charge is -2.14. The van der Waals surface area contributed by atoms with Crippen LogP contribution in [0.3, 0.4) is 0 Å². The molecule has 3 rings (SSSR count). The third kappa shape index (κ3) is 2.00. The standard InChI is InChI=1S/C10H11ClN4O3/c11-9-8-10(13-4-12-9)15(5-14-8)18-7-2-1-6(3-16)17-7/h4-7,16H,1-3H2/t6-,7+/m0/s1. The monoisotopic (exact) mass is 270 g/mol. The van der Waals surface area contributed by atoms with Crippen LogP contribution in [0.5, 0.6) is 0 Å². The van der Waals surface area contributed by atoms with Crippen molar-refractivity contribution in [3.05, 3.63) is 17.8 Å². The van der Waals surface area contributed by atoms with Gasteiger partial charge in [-0.2, -0.15) is 0 Å². The Morgan fingerprint density at radius 1 is 1.44 bits per heavy atom. The highest BCUT2D eigenvalue weighted by molar-refractivity contribution is 6.33. The number of fused-ring (bicyclic) bond motifs is 1. The lowest BCUT2D eigenvalue weighted by atomic mass is 10.2. The third-order valence-electron chi connectivity index (χ3n) is 2.76. The van der Waals surface area contributed by atoms with Crippen LogP contribution in [-0.2, 0) is 4.74 Å². The molecule has 1 aliphatic heterocycles. The van der Waals surface area contributed by atoms with Gasteiger partial charge in [-0.25, -0.2) is 15.0 Å². The molecule has 0 radical (unpaired) electrons. The number of aromatic nitrogens is 4. The Balaban J connectivity index is 1.81. The molecule has 0 aliphatic carbocycles. The predicted molar refractivity (Wildman–Crippen MR) is 61.9 cm³/mol. The van der Waals surface area contributed by atoms with Crippen LogP contribution >= 0.6 is 11.6 Å². The summed E-state index contributed by atoms with van der Waals surface area (Å²) in [5.74, 6) is 0. The van der Waals surface area contributed by atoms with E-state index in [4.69, 9.17) is 26.3 Å². The van der Waals surface area contributed by atoms with E-state index >= 15 is 0 Å². The predicted octanol–water partition coefficient (Wildman–Crippen LogP) is 0.406. The molecule has 2 aromatic heterocycles. The summed E-state index contributed by atoms with van der Waals surface area (Å²) in [4.78, 5) is 17.6. The van der Waals surface area contributed by atoms with Crippen LogP contribution in [0.4, 0.5) is 0 Å². The van der Waals surface area contributed by atoms with Crippen molar-refractivity contribution in [2.45, 2.75) is 25.2 Å². The Bertz CT molecular complexity index is 561. The first-order valence-corrected chi connectivity index (χ1v) is 5.92. The summed E-state index contributed by atoms with van der Waals surface area (Å²) >= 11 is 5.89. The normalized spacial score (nSPS) is 23.7. The Morgan fingerprint density at radius 3 is 3.11 bits per heavy atom.